The average Bonchev–Trinajstić information content (AvgIpc) is 2.48. The second kappa shape index (κ2) is 8.38. The fourth-order valence-corrected chi connectivity index (χ4v) is 2.80. The molecule has 2 aromatic carbocycles. The first kappa shape index (κ1) is 19.5. The molecular formula is C13H18N2O6P2. The molecule has 0 aliphatic heterocycles. The van der Waals surface area contributed by atoms with Crippen molar-refractivity contribution >= 4 is 26.2 Å². The molecule has 0 bridgehead atoms. The topological polar surface area (TPSA) is 156 Å². The van der Waals surface area contributed by atoms with E-state index < -0.39 is 15.2 Å². The van der Waals surface area contributed by atoms with Gasteiger partial charge in [0.25, 0.3) is 0 Å². The maximum Gasteiger partial charge on any atom is 0.356 e. The van der Waals surface area contributed by atoms with Crippen LogP contribution in [-0.2, 0) is 19.9 Å². The van der Waals surface area contributed by atoms with Crippen molar-refractivity contribution in [2.75, 3.05) is 5.73 Å². The summed E-state index contributed by atoms with van der Waals surface area (Å²) in [6, 6.07) is 14.4. The number of hydrogen-bond donors (Lipinski definition) is 5. The Morgan fingerprint density at radius 2 is 1.43 bits per heavy atom. The van der Waals surface area contributed by atoms with Crippen LogP contribution in [0.15, 0.2) is 54.6 Å². The van der Waals surface area contributed by atoms with E-state index in [1.54, 1.807) is 24.3 Å². The minimum atomic E-state index is -4.09. The van der Waals surface area contributed by atoms with Crippen LogP contribution >= 0.6 is 15.2 Å². The van der Waals surface area contributed by atoms with Crippen LogP contribution < -0.4 is 16.9 Å². The van der Waals surface area contributed by atoms with Crippen molar-refractivity contribution < 1.29 is 28.4 Å². The predicted octanol–water partition coefficient (Wildman–Crippen LogP) is 1.33. The number of anilines is 1. The zero-order chi connectivity index (χ0) is 17.5. The summed E-state index contributed by atoms with van der Waals surface area (Å²) < 4.78 is 25.5. The minimum absolute atomic E-state index is 0.00769. The van der Waals surface area contributed by atoms with E-state index in [-0.39, 0.29) is 11.5 Å². The maximum absolute atomic E-state index is 11.0. The van der Waals surface area contributed by atoms with E-state index in [0.29, 0.717) is 5.69 Å². The number of benzene rings is 2. The van der Waals surface area contributed by atoms with E-state index in [4.69, 9.17) is 20.4 Å². The lowest BCUT2D eigenvalue weighted by Crippen LogP contribution is -2.02. The third-order valence-electron chi connectivity index (χ3n) is 2.62. The molecule has 0 aliphatic rings. The second-order valence-corrected chi connectivity index (χ2v) is 7.93. The van der Waals surface area contributed by atoms with Crippen LogP contribution in [0.1, 0.15) is 5.56 Å². The summed E-state index contributed by atoms with van der Waals surface area (Å²) in [5, 5.41) is -0.00769. The zero-order valence-corrected chi connectivity index (χ0v) is 13.8. The molecule has 0 aliphatic carbocycles. The Morgan fingerprint density at radius 1 is 0.913 bits per heavy atom. The molecule has 23 heavy (non-hydrogen) atoms. The van der Waals surface area contributed by atoms with Crippen molar-refractivity contribution in [3.63, 3.8) is 0 Å². The number of nitrogen functional groups attached to an aromatic ring is 1. The first-order valence-corrected chi connectivity index (χ1v) is 9.67. The fourth-order valence-electron chi connectivity index (χ4n) is 1.52. The molecule has 1 unspecified atom stereocenters. The molecule has 7 N–H and O–H groups in total. The van der Waals surface area contributed by atoms with Gasteiger partial charge in [0.05, 0.1) is 11.5 Å². The second-order valence-electron chi connectivity index (χ2n) is 4.52. The Hall–Kier alpha value is -1.50. The largest absolute Gasteiger partial charge is 0.399 e. The van der Waals surface area contributed by atoms with Gasteiger partial charge in [-0.2, -0.15) is 0 Å². The molecule has 0 amide bonds. The average molecular weight is 360 g/mol. The first-order valence-electron chi connectivity index (χ1n) is 6.30. The van der Waals surface area contributed by atoms with Gasteiger partial charge in [0.15, 0.2) is 0 Å². The summed E-state index contributed by atoms with van der Waals surface area (Å²) in [6.07, 6.45) is -0.0513. The van der Waals surface area contributed by atoms with Gasteiger partial charge in [0.1, 0.15) is 0 Å². The van der Waals surface area contributed by atoms with Crippen LogP contribution in [0.2, 0.25) is 0 Å². The van der Waals surface area contributed by atoms with Crippen LogP contribution in [0.25, 0.3) is 0 Å². The van der Waals surface area contributed by atoms with E-state index in [2.05, 4.69) is 10.5 Å². The predicted molar refractivity (Wildman–Crippen MR) is 87.8 cm³/mol. The van der Waals surface area contributed by atoms with Gasteiger partial charge in [0.2, 0.25) is 0 Å². The smallest absolute Gasteiger partial charge is 0.356 e. The highest BCUT2D eigenvalue weighted by molar-refractivity contribution is 7.60. The maximum atomic E-state index is 11.0. The lowest BCUT2D eigenvalue weighted by Gasteiger charge is -2.06. The van der Waals surface area contributed by atoms with Crippen LogP contribution in [0.3, 0.4) is 0 Å². The summed E-state index contributed by atoms with van der Waals surface area (Å²) in [5.41, 5.74) is 6.54. The third kappa shape index (κ3) is 7.54. The zero-order valence-electron chi connectivity index (χ0n) is 12.0. The number of hydrogen-bond acceptors (Lipinski definition) is 5. The van der Waals surface area contributed by atoms with Crippen molar-refractivity contribution in [1.82, 2.24) is 0 Å². The molecule has 8 nitrogen and oxygen atoms in total. The first-order chi connectivity index (χ1) is 10.6. The van der Waals surface area contributed by atoms with Crippen LogP contribution in [0.5, 0.6) is 0 Å². The molecule has 2 aromatic rings. The normalized spacial score (nSPS) is 13.6. The summed E-state index contributed by atoms with van der Waals surface area (Å²) in [6.45, 7) is 0. The van der Waals surface area contributed by atoms with Crippen molar-refractivity contribution in [3.8, 4) is 0 Å². The van der Waals surface area contributed by atoms with E-state index in [1.807, 2.05) is 6.07 Å². The lowest BCUT2D eigenvalue weighted by molar-refractivity contribution is 0.267. The van der Waals surface area contributed by atoms with Gasteiger partial charge in [-0.05, 0) is 29.8 Å². The van der Waals surface area contributed by atoms with Crippen molar-refractivity contribution in [1.29, 1.82) is 0 Å². The van der Waals surface area contributed by atoms with Crippen molar-refractivity contribution in [2.45, 2.75) is 6.16 Å². The van der Waals surface area contributed by atoms with E-state index in [1.165, 1.54) is 24.3 Å². The van der Waals surface area contributed by atoms with Gasteiger partial charge in [-0.25, -0.2) is 10.5 Å². The fraction of sp³-hybridized carbons (Fsp3) is 0.0769. The molecule has 0 saturated heterocycles. The third-order valence-corrected chi connectivity index (χ3v) is 4.68. The lowest BCUT2D eigenvalue weighted by atomic mass is 10.2. The monoisotopic (exact) mass is 360 g/mol. The van der Waals surface area contributed by atoms with Gasteiger partial charge in [-0.1, -0.05) is 30.3 Å². The number of nitrogens with two attached hydrogens (primary N) is 2. The molecule has 0 radical (unpaired) electrons. The molecular weight excluding hydrogens is 342 g/mol. The molecule has 2 rings (SSSR count). The van der Waals surface area contributed by atoms with Crippen LogP contribution in [0, 0.1) is 0 Å². The van der Waals surface area contributed by atoms with Crippen molar-refractivity contribution in [3.05, 3.63) is 60.2 Å². The van der Waals surface area contributed by atoms with E-state index in [0.717, 1.165) is 5.56 Å². The van der Waals surface area contributed by atoms with Crippen LogP contribution in [0.4, 0.5) is 5.69 Å². The summed E-state index contributed by atoms with van der Waals surface area (Å²) in [4.78, 5) is 26.3. The number of rotatable bonds is 4. The summed E-state index contributed by atoms with van der Waals surface area (Å²) in [5.74, 6) is 4.64. The highest BCUT2D eigenvalue weighted by atomic mass is 31.2. The standard InChI is InChI=1S/C7H10NO3P.C6H8NO3P/c8-11-12(9,10)6-7-4-2-1-3-5-7;7-5-1-3-6(4-2-5)11(8,9)10/h1-5H,6,8H2,(H,9,10);1-4H,7H2,(H2,8,9,10). The SMILES string of the molecule is NOP(=O)(O)Cc1ccccc1.Nc1ccc(P(=O)(O)O)cc1. The van der Waals surface area contributed by atoms with Gasteiger partial charge in [-0.15, -0.1) is 0 Å². The Kier molecular flexibility index (Phi) is 7.12. The highest BCUT2D eigenvalue weighted by Crippen LogP contribution is 2.43. The van der Waals surface area contributed by atoms with Gasteiger partial charge >= 0.3 is 15.2 Å². The Balaban J connectivity index is 0.000000231. The van der Waals surface area contributed by atoms with Gasteiger partial charge < -0.3 is 20.4 Å². The molecule has 1 atom stereocenters. The van der Waals surface area contributed by atoms with Gasteiger partial charge in [0, 0.05) is 5.69 Å². The molecule has 126 valence electrons. The van der Waals surface area contributed by atoms with Crippen molar-refractivity contribution in [2.24, 2.45) is 5.90 Å². The molecule has 0 fully saturated rings. The molecule has 0 aromatic heterocycles. The molecule has 0 saturated carbocycles. The highest BCUT2D eigenvalue weighted by Gasteiger charge is 2.18. The molecule has 0 heterocycles. The van der Waals surface area contributed by atoms with Gasteiger partial charge in [-0.3, -0.25) is 9.13 Å². The summed E-state index contributed by atoms with van der Waals surface area (Å²) in [7, 11) is -7.71. The van der Waals surface area contributed by atoms with E-state index in [9.17, 15) is 9.13 Å². The Morgan fingerprint density at radius 3 is 1.87 bits per heavy atom. The quantitative estimate of drug-likeness (QED) is 0.311. The molecule has 0 spiro atoms. The Bertz CT molecular complexity index is 702. The Labute approximate surface area is 133 Å². The minimum Gasteiger partial charge on any atom is -0.399 e. The van der Waals surface area contributed by atoms with E-state index >= 15 is 0 Å². The summed E-state index contributed by atoms with van der Waals surface area (Å²) >= 11 is 0. The molecule has 10 heteroatoms. The van der Waals surface area contributed by atoms with Crippen LogP contribution in [-0.4, -0.2) is 14.7 Å².